The summed E-state index contributed by atoms with van der Waals surface area (Å²) in [6.07, 6.45) is 1.90. The number of nitrogens with zero attached hydrogens (tertiary/aromatic N) is 2. The highest BCUT2D eigenvalue weighted by atomic mass is 79.9. The number of methoxy groups -OCH3 is 2. The minimum atomic E-state index is -0.0912. The molecule has 1 aliphatic heterocycles. The lowest BCUT2D eigenvalue weighted by atomic mass is 10.1. The molecule has 0 aliphatic carbocycles. The number of hydrogen-bond acceptors (Lipinski definition) is 6. The maximum atomic E-state index is 12.2. The van der Waals surface area contributed by atoms with Crippen molar-refractivity contribution in [2.24, 2.45) is 0 Å². The number of hydrogen-bond donors (Lipinski definition) is 2. The molecule has 7 nitrogen and oxygen atoms in total. The van der Waals surface area contributed by atoms with Gasteiger partial charge < -0.3 is 20.1 Å². The van der Waals surface area contributed by atoms with Crippen LogP contribution in [0.1, 0.15) is 5.56 Å². The summed E-state index contributed by atoms with van der Waals surface area (Å²) in [6.45, 7) is 0. The summed E-state index contributed by atoms with van der Waals surface area (Å²) in [4.78, 5) is 21.2. The zero-order valence-electron chi connectivity index (χ0n) is 15.2. The molecule has 0 radical (unpaired) electrons. The van der Waals surface area contributed by atoms with Crippen molar-refractivity contribution in [2.45, 2.75) is 6.42 Å². The highest BCUT2D eigenvalue weighted by molar-refractivity contribution is 9.10. The molecule has 0 fully saturated rings. The number of nitrogens with one attached hydrogen (secondary N) is 2. The van der Waals surface area contributed by atoms with Crippen LogP contribution in [0.3, 0.4) is 0 Å². The Morgan fingerprint density at radius 1 is 1.11 bits per heavy atom. The van der Waals surface area contributed by atoms with E-state index in [-0.39, 0.29) is 12.3 Å². The molecule has 1 aliphatic rings. The van der Waals surface area contributed by atoms with E-state index in [0.29, 0.717) is 23.1 Å². The molecule has 3 aromatic rings. The van der Waals surface area contributed by atoms with Crippen LogP contribution in [0.4, 0.5) is 17.3 Å². The average molecular weight is 441 g/mol. The monoisotopic (exact) mass is 440 g/mol. The van der Waals surface area contributed by atoms with Crippen molar-refractivity contribution >= 4 is 39.2 Å². The fourth-order valence-electron chi connectivity index (χ4n) is 3.06. The number of rotatable bonds is 4. The topological polar surface area (TPSA) is 85.4 Å². The van der Waals surface area contributed by atoms with Gasteiger partial charge in [0.15, 0.2) is 11.5 Å². The fourth-order valence-corrected chi connectivity index (χ4v) is 3.42. The van der Waals surface area contributed by atoms with E-state index >= 15 is 0 Å². The molecule has 1 amide bonds. The number of ether oxygens (including phenoxy) is 2. The van der Waals surface area contributed by atoms with Gasteiger partial charge in [-0.15, -0.1) is 0 Å². The molecule has 0 bridgehead atoms. The van der Waals surface area contributed by atoms with Crippen LogP contribution in [-0.2, 0) is 11.2 Å². The zero-order valence-corrected chi connectivity index (χ0v) is 16.8. The number of anilines is 3. The van der Waals surface area contributed by atoms with Crippen LogP contribution >= 0.6 is 15.9 Å². The van der Waals surface area contributed by atoms with Gasteiger partial charge in [0, 0.05) is 33.6 Å². The summed E-state index contributed by atoms with van der Waals surface area (Å²) in [6, 6.07) is 11.1. The van der Waals surface area contributed by atoms with Gasteiger partial charge in [0.2, 0.25) is 11.9 Å². The lowest BCUT2D eigenvalue weighted by molar-refractivity contribution is -0.115. The van der Waals surface area contributed by atoms with Gasteiger partial charge in [-0.05, 0) is 30.3 Å². The van der Waals surface area contributed by atoms with Gasteiger partial charge in [-0.2, -0.15) is 0 Å². The van der Waals surface area contributed by atoms with Gasteiger partial charge in [0.05, 0.1) is 32.0 Å². The van der Waals surface area contributed by atoms with E-state index in [1.807, 2.05) is 30.3 Å². The summed E-state index contributed by atoms with van der Waals surface area (Å²) in [5.41, 5.74) is 3.81. The van der Waals surface area contributed by atoms with Crippen molar-refractivity contribution in [1.29, 1.82) is 0 Å². The van der Waals surface area contributed by atoms with Crippen LogP contribution in [0.2, 0.25) is 0 Å². The number of benzene rings is 2. The first-order valence-electron chi connectivity index (χ1n) is 8.52. The molecule has 28 heavy (non-hydrogen) atoms. The predicted octanol–water partition coefficient (Wildman–Crippen LogP) is 4.16. The first kappa shape index (κ1) is 18.2. The Balaban J connectivity index is 1.74. The van der Waals surface area contributed by atoms with Gasteiger partial charge >= 0.3 is 0 Å². The number of carbonyl (C=O) groups excluding carboxylic acids is 1. The third-order valence-corrected chi connectivity index (χ3v) is 4.86. The van der Waals surface area contributed by atoms with E-state index < -0.39 is 0 Å². The Bertz CT molecular complexity index is 1070. The molecule has 2 N–H and O–H groups in total. The summed E-state index contributed by atoms with van der Waals surface area (Å²) in [5, 5.41) is 6.10. The van der Waals surface area contributed by atoms with E-state index in [0.717, 1.165) is 27.0 Å². The maximum Gasteiger partial charge on any atom is 0.228 e. The minimum absolute atomic E-state index is 0.0912. The second kappa shape index (κ2) is 7.47. The Kier molecular flexibility index (Phi) is 4.87. The van der Waals surface area contributed by atoms with Crippen LogP contribution in [0, 0.1) is 0 Å². The Morgan fingerprint density at radius 3 is 2.71 bits per heavy atom. The van der Waals surface area contributed by atoms with Crippen molar-refractivity contribution in [3.63, 3.8) is 0 Å². The lowest BCUT2D eigenvalue weighted by Gasteiger charge is -2.12. The number of aromatic nitrogens is 2. The quantitative estimate of drug-likeness (QED) is 0.633. The Labute approximate surface area is 170 Å². The van der Waals surface area contributed by atoms with Gasteiger partial charge in [0.25, 0.3) is 0 Å². The third kappa shape index (κ3) is 3.50. The van der Waals surface area contributed by atoms with Crippen molar-refractivity contribution in [2.75, 3.05) is 24.9 Å². The van der Waals surface area contributed by atoms with E-state index in [1.165, 1.54) is 0 Å². The highest BCUT2D eigenvalue weighted by Gasteiger charge is 2.21. The normalized spacial score (nSPS) is 12.3. The molecule has 0 unspecified atom stereocenters. The summed E-state index contributed by atoms with van der Waals surface area (Å²) in [5.74, 6) is 1.57. The summed E-state index contributed by atoms with van der Waals surface area (Å²) in [7, 11) is 3.17. The first-order chi connectivity index (χ1) is 13.6. The van der Waals surface area contributed by atoms with Crippen LogP contribution in [0.15, 0.2) is 47.1 Å². The van der Waals surface area contributed by atoms with Gasteiger partial charge in [0.1, 0.15) is 0 Å². The second-order valence-electron chi connectivity index (χ2n) is 6.18. The maximum absolute atomic E-state index is 12.2. The predicted molar refractivity (Wildman–Crippen MR) is 110 cm³/mol. The van der Waals surface area contributed by atoms with Gasteiger partial charge in [-0.3, -0.25) is 4.79 Å². The largest absolute Gasteiger partial charge is 0.493 e. The number of amides is 1. The average Bonchev–Trinajstić information content (AvgIpc) is 2.83. The van der Waals surface area contributed by atoms with Crippen LogP contribution < -0.4 is 20.1 Å². The van der Waals surface area contributed by atoms with Gasteiger partial charge in [-0.1, -0.05) is 15.9 Å². The smallest absolute Gasteiger partial charge is 0.228 e. The van der Waals surface area contributed by atoms with Crippen LogP contribution in [0.5, 0.6) is 11.5 Å². The SMILES string of the molecule is COc1ccc(Nc2ncc3c(n2)-c2cc(Br)ccc2NC(=O)C3)cc1OC. The number of carbonyl (C=O) groups is 1. The summed E-state index contributed by atoms with van der Waals surface area (Å²) >= 11 is 3.49. The van der Waals surface area contributed by atoms with Crippen molar-refractivity contribution in [1.82, 2.24) is 9.97 Å². The first-order valence-corrected chi connectivity index (χ1v) is 9.31. The van der Waals surface area contributed by atoms with Crippen molar-refractivity contribution in [3.05, 3.63) is 52.6 Å². The van der Waals surface area contributed by atoms with Crippen molar-refractivity contribution < 1.29 is 14.3 Å². The summed E-state index contributed by atoms with van der Waals surface area (Å²) < 4.78 is 11.5. The van der Waals surface area contributed by atoms with Gasteiger partial charge in [-0.25, -0.2) is 9.97 Å². The molecular weight excluding hydrogens is 424 g/mol. The number of halogens is 1. The minimum Gasteiger partial charge on any atom is -0.493 e. The molecule has 2 heterocycles. The molecule has 8 heteroatoms. The Morgan fingerprint density at radius 2 is 1.93 bits per heavy atom. The highest BCUT2D eigenvalue weighted by Crippen LogP contribution is 2.35. The molecule has 0 saturated carbocycles. The second-order valence-corrected chi connectivity index (χ2v) is 7.09. The molecule has 2 aromatic carbocycles. The molecule has 4 rings (SSSR count). The zero-order chi connectivity index (χ0) is 19.7. The lowest BCUT2D eigenvalue weighted by Crippen LogP contribution is -2.12. The number of fused-ring (bicyclic) bond motifs is 3. The van der Waals surface area contributed by atoms with Crippen molar-refractivity contribution in [3.8, 4) is 22.8 Å². The Hall–Kier alpha value is -3.13. The van der Waals surface area contributed by atoms with Crippen LogP contribution in [-0.4, -0.2) is 30.1 Å². The molecule has 1 aromatic heterocycles. The molecule has 0 atom stereocenters. The third-order valence-electron chi connectivity index (χ3n) is 4.37. The molecular formula is C20H17BrN4O3. The molecule has 0 saturated heterocycles. The van der Waals surface area contributed by atoms with E-state index in [1.54, 1.807) is 26.5 Å². The van der Waals surface area contributed by atoms with E-state index in [2.05, 4.69) is 36.5 Å². The molecule has 142 valence electrons. The standard InChI is InChI=1S/C20H17BrN4O3/c1-27-16-6-4-13(9-17(16)28-2)23-20-22-10-11-7-18(26)24-15-5-3-12(21)8-14(15)19(11)25-20/h3-6,8-10H,7H2,1-2H3,(H,24,26)(H,22,23,25). The molecule has 0 spiro atoms. The van der Waals surface area contributed by atoms with E-state index in [4.69, 9.17) is 9.47 Å². The fraction of sp³-hybridized carbons (Fsp3) is 0.150. The van der Waals surface area contributed by atoms with E-state index in [9.17, 15) is 4.79 Å². The van der Waals surface area contributed by atoms with Crippen LogP contribution in [0.25, 0.3) is 11.3 Å².